The summed E-state index contributed by atoms with van der Waals surface area (Å²) in [5, 5.41) is 25.2. The summed E-state index contributed by atoms with van der Waals surface area (Å²) in [5.41, 5.74) is 0. The second-order valence-electron chi connectivity index (χ2n) is 8.59. The molecule has 0 aliphatic carbocycles. The van der Waals surface area contributed by atoms with E-state index >= 15 is 0 Å². The van der Waals surface area contributed by atoms with Crippen molar-refractivity contribution in [1.82, 2.24) is 10.6 Å². The first-order valence-corrected chi connectivity index (χ1v) is 11.6. The first kappa shape index (κ1) is 30.8. The Morgan fingerprint density at radius 1 is 0.676 bits per heavy atom. The molecule has 37 heavy (non-hydrogen) atoms. The first-order chi connectivity index (χ1) is 17.5. The van der Waals surface area contributed by atoms with E-state index in [0.717, 1.165) is 13.8 Å². The van der Waals surface area contributed by atoms with Crippen molar-refractivity contribution in [2.75, 3.05) is 27.4 Å². The van der Waals surface area contributed by atoms with Gasteiger partial charge >= 0.3 is 11.9 Å². The topological polar surface area (TPSA) is 197 Å². The van der Waals surface area contributed by atoms with Gasteiger partial charge in [0.15, 0.2) is 24.8 Å². The van der Waals surface area contributed by atoms with Gasteiger partial charge in [0.25, 0.3) is 0 Å². The Hall–Kier alpha value is -2.40. The normalized spacial score (nSPS) is 35.8. The average molecular weight is 537 g/mol. The van der Waals surface area contributed by atoms with Crippen LogP contribution in [0.15, 0.2) is 0 Å². The molecule has 0 aromatic carbocycles. The monoisotopic (exact) mass is 536 g/mol. The van der Waals surface area contributed by atoms with Gasteiger partial charge in [-0.05, 0) is 0 Å². The minimum atomic E-state index is -1.42. The Kier molecular flexibility index (Phi) is 11.6. The molecule has 2 fully saturated rings. The van der Waals surface area contributed by atoms with Crippen LogP contribution in [0.25, 0.3) is 0 Å². The second-order valence-corrected chi connectivity index (χ2v) is 8.59. The molecule has 0 aromatic heterocycles. The van der Waals surface area contributed by atoms with Gasteiger partial charge in [-0.2, -0.15) is 0 Å². The molecule has 2 saturated heterocycles. The maximum atomic E-state index is 12.1. The molecule has 0 unspecified atom stereocenters. The minimum Gasteiger partial charge on any atom is -0.457 e. The number of methoxy groups -OCH3 is 2. The summed E-state index contributed by atoms with van der Waals surface area (Å²) >= 11 is 0. The lowest BCUT2D eigenvalue weighted by Crippen LogP contribution is -2.70. The molecule has 2 aliphatic rings. The summed E-state index contributed by atoms with van der Waals surface area (Å²) < 4.78 is 39.4. The van der Waals surface area contributed by atoms with Gasteiger partial charge in [-0.25, -0.2) is 0 Å². The van der Waals surface area contributed by atoms with Gasteiger partial charge in [0.2, 0.25) is 11.8 Å². The molecule has 10 atom stereocenters. The lowest BCUT2D eigenvalue weighted by atomic mass is 9.94. The molecule has 2 heterocycles. The molecule has 0 bridgehead atoms. The molecule has 2 aliphatic heterocycles. The lowest BCUT2D eigenvalue weighted by molar-refractivity contribution is -0.332. The molecule has 212 valence electrons. The maximum Gasteiger partial charge on any atom is 0.303 e. The van der Waals surface area contributed by atoms with Gasteiger partial charge in [-0.15, -0.1) is 0 Å². The third kappa shape index (κ3) is 7.80. The zero-order valence-electron chi connectivity index (χ0n) is 21.6. The van der Waals surface area contributed by atoms with Crippen LogP contribution in [-0.2, 0) is 52.3 Å². The SMILES string of the molecule is CO[C@H]1O[C@H](CO)[C@H](O[C@H]2O[C@H](CO)[C@H](OC)[C@H](OC(C)=O)[C@H]2NC(C)=O)[C@H](OC(C)=O)[C@H]1NC(C)=O. The number of rotatable bonds is 10. The van der Waals surface area contributed by atoms with Gasteiger partial charge < -0.3 is 54.0 Å². The highest BCUT2D eigenvalue weighted by Crippen LogP contribution is 2.32. The van der Waals surface area contributed by atoms with Gasteiger partial charge in [0.1, 0.15) is 36.5 Å². The third-order valence-corrected chi connectivity index (χ3v) is 5.79. The number of carbonyl (C=O) groups is 4. The maximum absolute atomic E-state index is 12.1. The van der Waals surface area contributed by atoms with E-state index in [1.54, 1.807) is 0 Å². The van der Waals surface area contributed by atoms with E-state index < -0.39 is 98.3 Å². The van der Waals surface area contributed by atoms with Crippen LogP contribution in [0.4, 0.5) is 0 Å². The fourth-order valence-corrected chi connectivity index (χ4v) is 4.46. The number of carbonyl (C=O) groups excluding carboxylic acids is 4. The van der Waals surface area contributed by atoms with E-state index in [9.17, 15) is 29.4 Å². The quantitative estimate of drug-likeness (QED) is 0.211. The molecule has 2 amide bonds. The van der Waals surface area contributed by atoms with Crippen LogP contribution in [0.5, 0.6) is 0 Å². The number of aliphatic hydroxyl groups is 2. The summed E-state index contributed by atoms with van der Waals surface area (Å²) in [6.45, 7) is 3.58. The summed E-state index contributed by atoms with van der Waals surface area (Å²) in [4.78, 5) is 47.9. The number of aliphatic hydroxyl groups excluding tert-OH is 2. The van der Waals surface area contributed by atoms with Crippen molar-refractivity contribution in [3.63, 3.8) is 0 Å². The van der Waals surface area contributed by atoms with Gasteiger partial charge in [0.05, 0.1) is 13.2 Å². The van der Waals surface area contributed by atoms with Crippen LogP contribution in [0.2, 0.25) is 0 Å². The number of hydrogen-bond donors (Lipinski definition) is 4. The Labute approximate surface area is 214 Å². The first-order valence-electron chi connectivity index (χ1n) is 11.6. The minimum absolute atomic E-state index is 0.489. The fourth-order valence-electron chi connectivity index (χ4n) is 4.46. The van der Waals surface area contributed by atoms with Crippen molar-refractivity contribution >= 4 is 23.8 Å². The zero-order valence-corrected chi connectivity index (χ0v) is 21.6. The second kappa shape index (κ2) is 13.9. The summed E-state index contributed by atoms with van der Waals surface area (Å²) in [6, 6.07) is -2.22. The number of esters is 2. The van der Waals surface area contributed by atoms with Crippen LogP contribution in [-0.4, -0.2) is 123 Å². The average Bonchev–Trinajstić information content (AvgIpc) is 2.81. The predicted molar refractivity (Wildman–Crippen MR) is 120 cm³/mol. The summed E-state index contributed by atoms with van der Waals surface area (Å²) in [5.74, 6) is -2.43. The molecule has 15 heteroatoms. The highest BCUT2D eigenvalue weighted by atomic mass is 16.7. The molecule has 4 N–H and O–H groups in total. The smallest absolute Gasteiger partial charge is 0.303 e. The molecule has 15 nitrogen and oxygen atoms in total. The van der Waals surface area contributed by atoms with Crippen molar-refractivity contribution < 1.29 is 62.5 Å². The van der Waals surface area contributed by atoms with Crippen molar-refractivity contribution in [3.8, 4) is 0 Å². The lowest BCUT2D eigenvalue weighted by Gasteiger charge is -2.49. The van der Waals surface area contributed by atoms with Crippen molar-refractivity contribution in [2.45, 2.75) is 89.0 Å². The molecule has 0 saturated carbocycles. The fraction of sp³-hybridized carbons (Fsp3) is 0.818. The van der Waals surface area contributed by atoms with Crippen LogP contribution in [0.3, 0.4) is 0 Å². The standard InChI is InChI=1S/C22H36N2O13/c1-9(27)23-15-20(34-12(4)30)18(14(8-26)35-21(15)32-6)37-22-16(24-10(2)28)19(33-11(3)29)17(31-5)13(7-25)36-22/h13-22,25-26H,7-8H2,1-6H3,(H,23,27)(H,24,28)/t13-,14-,15-,16-,17+,18+,19-,20-,21+,22-/m1/s1. The molecule has 0 spiro atoms. The number of hydrogen-bond acceptors (Lipinski definition) is 13. The van der Waals surface area contributed by atoms with Gasteiger partial charge in [-0.3, -0.25) is 19.2 Å². The Morgan fingerprint density at radius 3 is 1.51 bits per heavy atom. The number of amides is 2. The van der Waals surface area contributed by atoms with Crippen molar-refractivity contribution in [1.29, 1.82) is 0 Å². The van der Waals surface area contributed by atoms with Gasteiger partial charge in [-0.1, -0.05) is 0 Å². The summed E-state index contributed by atoms with van der Waals surface area (Å²) in [6.07, 6.45) is -9.45. The van der Waals surface area contributed by atoms with Gasteiger partial charge in [0, 0.05) is 41.9 Å². The summed E-state index contributed by atoms with van der Waals surface area (Å²) in [7, 11) is 2.62. The molecule has 0 radical (unpaired) electrons. The van der Waals surface area contributed by atoms with E-state index in [4.69, 9.17) is 33.2 Å². The molecular weight excluding hydrogens is 500 g/mol. The highest BCUT2D eigenvalue weighted by molar-refractivity contribution is 5.74. The number of ether oxygens (including phenoxy) is 7. The zero-order chi connectivity index (χ0) is 27.9. The largest absolute Gasteiger partial charge is 0.457 e. The Bertz CT molecular complexity index is 811. The van der Waals surface area contributed by atoms with Crippen LogP contribution in [0, 0.1) is 0 Å². The van der Waals surface area contributed by atoms with Crippen LogP contribution >= 0.6 is 0 Å². The van der Waals surface area contributed by atoms with Crippen molar-refractivity contribution in [3.05, 3.63) is 0 Å². The van der Waals surface area contributed by atoms with E-state index in [0.29, 0.717) is 0 Å². The Balaban J connectivity index is 2.53. The highest BCUT2D eigenvalue weighted by Gasteiger charge is 2.54. The van der Waals surface area contributed by atoms with E-state index in [1.807, 2.05) is 0 Å². The van der Waals surface area contributed by atoms with Crippen molar-refractivity contribution in [2.24, 2.45) is 0 Å². The third-order valence-electron chi connectivity index (χ3n) is 5.79. The molecular formula is C22H36N2O13. The predicted octanol–water partition coefficient (Wildman–Crippen LogP) is -2.66. The van der Waals surface area contributed by atoms with E-state index in [-0.39, 0.29) is 0 Å². The Morgan fingerprint density at radius 2 is 1.11 bits per heavy atom. The van der Waals surface area contributed by atoms with E-state index in [1.165, 1.54) is 28.1 Å². The molecule has 0 aromatic rings. The molecule has 2 rings (SSSR count). The number of nitrogens with one attached hydrogen (secondary N) is 2. The van der Waals surface area contributed by atoms with E-state index in [2.05, 4.69) is 10.6 Å². The van der Waals surface area contributed by atoms with Crippen LogP contribution in [0.1, 0.15) is 27.7 Å². The van der Waals surface area contributed by atoms with Crippen LogP contribution < -0.4 is 10.6 Å².